The van der Waals surface area contributed by atoms with Crippen molar-refractivity contribution in [3.05, 3.63) is 64.9 Å². The fourth-order valence-corrected chi connectivity index (χ4v) is 3.98. The molecule has 1 fully saturated rings. The molecule has 2 aromatic rings. The minimum absolute atomic E-state index is 0.272. The van der Waals surface area contributed by atoms with Crippen LogP contribution in [0.25, 0.3) is 5.57 Å². The second-order valence-electron chi connectivity index (χ2n) is 7.96. The number of likely N-dealkylation sites (N-methyl/N-ethyl adjacent to an activating group) is 1. The van der Waals surface area contributed by atoms with Gasteiger partial charge in [0.05, 0.1) is 18.4 Å². The zero-order valence-corrected chi connectivity index (χ0v) is 17.9. The summed E-state index contributed by atoms with van der Waals surface area (Å²) in [5.41, 5.74) is 4.54. The summed E-state index contributed by atoms with van der Waals surface area (Å²) in [6, 6.07) is 13.0. The van der Waals surface area contributed by atoms with Crippen LogP contribution in [-0.4, -0.2) is 62.0 Å². The van der Waals surface area contributed by atoms with Gasteiger partial charge in [0.1, 0.15) is 11.4 Å². The van der Waals surface area contributed by atoms with E-state index in [0.717, 1.165) is 29.8 Å². The van der Waals surface area contributed by atoms with Gasteiger partial charge in [-0.3, -0.25) is 9.59 Å². The van der Waals surface area contributed by atoms with E-state index in [2.05, 4.69) is 16.8 Å². The smallest absolute Gasteiger partial charge is 0.282 e. The summed E-state index contributed by atoms with van der Waals surface area (Å²) in [5.74, 6) is 0.0466. The zero-order chi connectivity index (χ0) is 21.4. The average Bonchev–Trinajstić information content (AvgIpc) is 3.01. The molecular weight excluding hydrogens is 378 g/mol. The Balaban J connectivity index is 1.82. The highest BCUT2D eigenvalue weighted by Gasteiger charge is 2.43. The van der Waals surface area contributed by atoms with Gasteiger partial charge in [-0.15, -0.1) is 0 Å². The summed E-state index contributed by atoms with van der Waals surface area (Å²) in [7, 11) is 3.64. The summed E-state index contributed by atoms with van der Waals surface area (Å²) in [6.07, 6.45) is 0. The Hall–Kier alpha value is -3.12. The molecule has 2 aliphatic heterocycles. The predicted molar refractivity (Wildman–Crippen MR) is 117 cm³/mol. The van der Waals surface area contributed by atoms with Gasteiger partial charge in [-0.2, -0.15) is 0 Å². The molecule has 0 N–H and O–H groups in total. The van der Waals surface area contributed by atoms with E-state index in [9.17, 15) is 9.59 Å². The number of amides is 2. The van der Waals surface area contributed by atoms with Gasteiger partial charge in [0.15, 0.2) is 0 Å². The van der Waals surface area contributed by atoms with Crippen molar-refractivity contribution in [3.8, 4) is 5.75 Å². The van der Waals surface area contributed by atoms with Crippen LogP contribution in [0, 0.1) is 13.8 Å². The predicted octanol–water partition coefficient (Wildman–Crippen LogP) is 2.84. The van der Waals surface area contributed by atoms with E-state index in [0.29, 0.717) is 35.8 Å². The number of nitrogens with zero attached hydrogens (tertiary/aromatic N) is 3. The number of hydrogen-bond donors (Lipinski definition) is 0. The molecule has 4 rings (SSSR count). The average molecular weight is 405 g/mol. The molecule has 156 valence electrons. The number of ether oxygens (including phenoxy) is 1. The maximum atomic E-state index is 13.6. The zero-order valence-electron chi connectivity index (χ0n) is 17.9. The van der Waals surface area contributed by atoms with Crippen molar-refractivity contribution in [1.82, 2.24) is 9.80 Å². The highest BCUT2D eigenvalue weighted by Crippen LogP contribution is 2.36. The minimum atomic E-state index is -0.287. The highest BCUT2D eigenvalue weighted by molar-refractivity contribution is 6.45. The SMILES string of the molecule is COc1cccc(N2C(=O)C(c3ccc(C)c(C)c3)=C(N3CCN(C)CC3)C2=O)c1. The maximum absolute atomic E-state index is 13.6. The molecule has 0 atom stereocenters. The summed E-state index contributed by atoms with van der Waals surface area (Å²) >= 11 is 0. The standard InChI is InChI=1S/C24H27N3O3/c1-16-8-9-18(14-17(16)2)21-22(26-12-10-25(3)11-13-26)24(29)27(23(21)28)19-6-5-7-20(15-19)30-4/h5-9,14-15H,10-13H2,1-4H3. The molecule has 0 aromatic heterocycles. The number of carbonyl (C=O) groups excluding carboxylic acids is 2. The Morgan fingerprint density at radius 3 is 2.27 bits per heavy atom. The monoisotopic (exact) mass is 405 g/mol. The molecule has 6 heteroatoms. The van der Waals surface area contributed by atoms with Crippen molar-refractivity contribution < 1.29 is 14.3 Å². The lowest BCUT2D eigenvalue weighted by atomic mass is 9.99. The minimum Gasteiger partial charge on any atom is -0.497 e. The van der Waals surface area contributed by atoms with E-state index in [1.54, 1.807) is 31.4 Å². The van der Waals surface area contributed by atoms with Gasteiger partial charge >= 0.3 is 0 Å². The van der Waals surface area contributed by atoms with Crippen LogP contribution in [0.4, 0.5) is 5.69 Å². The van der Waals surface area contributed by atoms with Gasteiger partial charge in [-0.1, -0.05) is 24.3 Å². The molecule has 2 amide bonds. The maximum Gasteiger partial charge on any atom is 0.282 e. The topological polar surface area (TPSA) is 53.1 Å². The largest absolute Gasteiger partial charge is 0.497 e. The van der Waals surface area contributed by atoms with E-state index in [4.69, 9.17) is 4.74 Å². The quantitative estimate of drug-likeness (QED) is 0.733. The molecular formula is C24H27N3O3. The summed E-state index contributed by atoms with van der Waals surface area (Å²) in [6.45, 7) is 7.19. The van der Waals surface area contributed by atoms with E-state index >= 15 is 0 Å². The van der Waals surface area contributed by atoms with Crippen molar-refractivity contribution in [2.24, 2.45) is 0 Å². The molecule has 0 spiro atoms. The van der Waals surface area contributed by atoms with Crippen molar-refractivity contribution in [3.63, 3.8) is 0 Å². The molecule has 0 unspecified atom stereocenters. The van der Waals surface area contributed by atoms with Gasteiger partial charge < -0.3 is 14.5 Å². The molecule has 2 aliphatic rings. The van der Waals surface area contributed by atoms with E-state index in [-0.39, 0.29) is 11.8 Å². The number of anilines is 1. The number of carbonyl (C=O) groups is 2. The van der Waals surface area contributed by atoms with Crippen molar-refractivity contribution >= 4 is 23.1 Å². The summed E-state index contributed by atoms with van der Waals surface area (Å²) in [4.78, 5) is 32.8. The van der Waals surface area contributed by atoms with Gasteiger partial charge in [-0.25, -0.2) is 4.90 Å². The summed E-state index contributed by atoms with van der Waals surface area (Å²) < 4.78 is 5.30. The van der Waals surface area contributed by atoms with Gasteiger partial charge in [0.25, 0.3) is 11.8 Å². The third-order valence-electron chi connectivity index (χ3n) is 5.99. The van der Waals surface area contributed by atoms with Crippen LogP contribution in [-0.2, 0) is 9.59 Å². The Labute approximate surface area is 177 Å². The lowest BCUT2D eigenvalue weighted by molar-refractivity contribution is -0.120. The fraction of sp³-hybridized carbons (Fsp3) is 0.333. The molecule has 0 saturated carbocycles. The van der Waals surface area contributed by atoms with Crippen molar-refractivity contribution in [2.75, 3.05) is 45.2 Å². The second-order valence-corrected chi connectivity index (χ2v) is 7.96. The Morgan fingerprint density at radius 1 is 0.867 bits per heavy atom. The van der Waals surface area contributed by atoms with Crippen LogP contribution < -0.4 is 9.64 Å². The molecule has 0 bridgehead atoms. The molecule has 0 aliphatic carbocycles. The first-order chi connectivity index (χ1) is 14.4. The van der Waals surface area contributed by atoms with Gasteiger partial charge in [0, 0.05) is 32.2 Å². The first-order valence-electron chi connectivity index (χ1n) is 10.2. The Morgan fingerprint density at radius 2 is 1.60 bits per heavy atom. The molecule has 30 heavy (non-hydrogen) atoms. The molecule has 6 nitrogen and oxygen atoms in total. The number of hydrogen-bond acceptors (Lipinski definition) is 5. The number of methoxy groups -OCH3 is 1. The lowest BCUT2D eigenvalue weighted by Gasteiger charge is -2.34. The van der Waals surface area contributed by atoms with Crippen molar-refractivity contribution in [2.45, 2.75) is 13.8 Å². The highest BCUT2D eigenvalue weighted by atomic mass is 16.5. The number of aryl methyl sites for hydroxylation is 2. The second kappa shape index (κ2) is 7.95. The van der Waals surface area contributed by atoms with Gasteiger partial charge in [-0.05, 0) is 49.7 Å². The van der Waals surface area contributed by atoms with Crippen molar-refractivity contribution in [1.29, 1.82) is 0 Å². The summed E-state index contributed by atoms with van der Waals surface area (Å²) in [5, 5.41) is 0. The number of benzene rings is 2. The Kier molecular flexibility index (Phi) is 5.35. The normalized spacial score (nSPS) is 17.9. The third-order valence-corrected chi connectivity index (χ3v) is 5.99. The van der Waals surface area contributed by atoms with Crippen LogP contribution >= 0.6 is 0 Å². The van der Waals surface area contributed by atoms with Crippen LogP contribution in [0.5, 0.6) is 5.75 Å². The number of rotatable bonds is 4. The van der Waals surface area contributed by atoms with E-state index in [1.165, 1.54) is 4.90 Å². The van der Waals surface area contributed by atoms with Crippen LogP contribution in [0.2, 0.25) is 0 Å². The third kappa shape index (κ3) is 3.48. The Bertz CT molecular complexity index is 1040. The van der Waals surface area contributed by atoms with Gasteiger partial charge in [0.2, 0.25) is 0 Å². The molecule has 2 aromatic carbocycles. The van der Waals surface area contributed by atoms with E-state index < -0.39 is 0 Å². The first-order valence-corrected chi connectivity index (χ1v) is 10.2. The van der Waals surface area contributed by atoms with Crippen LogP contribution in [0.3, 0.4) is 0 Å². The molecule has 0 radical (unpaired) electrons. The number of imide groups is 1. The molecule has 1 saturated heterocycles. The first kappa shape index (κ1) is 20.2. The van der Waals surface area contributed by atoms with Crippen LogP contribution in [0.15, 0.2) is 48.2 Å². The van der Waals surface area contributed by atoms with E-state index in [1.807, 2.05) is 32.0 Å². The van der Waals surface area contributed by atoms with Crippen LogP contribution in [0.1, 0.15) is 16.7 Å². The lowest BCUT2D eigenvalue weighted by Crippen LogP contribution is -2.46. The molecule has 2 heterocycles. The fourth-order valence-electron chi connectivity index (χ4n) is 3.98. The number of piperazine rings is 1.